The van der Waals surface area contributed by atoms with Crippen LogP contribution in [0, 0.1) is 6.92 Å². The zero-order valence-electron chi connectivity index (χ0n) is 9.07. The number of carboxylic acids is 1. The summed E-state index contributed by atoms with van der Waals surface area (Å²) >= 11 is 0. The number of nitrogens with two attached hydrogens (primary N) is 1. The highest BCUT2D eigenvalue weighted by Crippen LogP contribution is 2.24. The van der Waals surface area contributed by atoms with Crippen LogP contribution in [0.2, 0.25) is 0 Å². The number of carboxylic acid groups (broad SMARTS) is 1. The van der Waals surface area contributed by atoms with Crippen LogP contribution in [0.25, 0.3) is 0 Å². The van der Waals surface area contributed by atoms with Crippen LogP contribution < -0.4 is 10.5 Å². The molecule has 3 N–H and O–H groups in total. The lowest BCUT2D eigenvalue weighted by molar-refractivity contribution is -0.143. The Morgan fingerprint density at radius 1 is 1.53 bits per heavy atom. The first-order chi connectivity index (χ1) is 6.89. The van der Waals surface area contributed by atoms with Crippen LogP contribution in [0.4, 0.5) is 0 Å². The summed E-state index contributed by atoms with van der Waals surface area (Å²) in [6.45, 7) is 3.32. The maximum atomic E-state index is 10.9. The highest BCUT2D eigenvalue weighted by molar-refractivity contribution is 5.80. The van der Waals surface area contributed by atoms with Gasteiger partial charge in [0.15, 0.2) is 0 Å². The van der Waals surface area contributed by atoms with Gasteiger partial charge in [0.1, 0.15) is 11.3 Å². The van der Waals surface area contributed by atoms with E-state index in [1.165, 1.54) is 6.92 Å². The molecule has 0 saturated carbocycles. The number of aliphatic carboxylic acids is 1. The van der Waals surface area contributed by atoms with Crippen LogP contribution in [-0.4, -0.2) is 18.2 Å². The summed E-state index contributed by atoms with van der Waals surface area (Å²) in [4.78, 5) is 10.9. The standard InChI is InChI=1S/C11H15NO3/c1-7-6-8(4-5-9(7)15-3)11(2,12)10(13)14/h4-6H,12H2,1-3H3,(H,13,14)/t11-/m0/s1. The fourth-order valence-corrected chi connectivity index (χ4v) is 1.32. The van der Waals surface area contributed by atoms with E-state index >= 15 is 0 Å². The molecule has 0 radical (unpaired) electrons. The third-order valence-corrected chi connectivity index (χ3v) is 2.44. The first-order valence-electron chi connectivity index (χ1n) is 4.57. The maximum absolute atomic E-state index is 10.9. The van der Waals surface area contributed by atoms with Gasteiger partial charge in [-0.15, -0.1) is 0 Å². The van der Waals surface area contributed by atoms with Crippen LogP contribution in [-0.2, 0) is 10.3 Å². The van der Waals surface area contributed by atoms with Gasteiger partial charge in [0, 0.05) is 0 Å². The third-order valence-electron chi connectivity index (χ3n) is 2.44. The molecule has 0 amide bonds. The van der Waals surface area contributed by atoms with E-state index in [2.05, 4.69) is 0 Å². The van der Waals surface area contributed by atoms with Crippen molar-refractivity contribution < 1.29 is 14.6 Å². The number of hydrogen-bond acceptors (Lipinski definition) is 3. The van der Waals surface area contributed by atoms with Crippen molar-refractivity contribution in [3.8, 4) is 5.75 Å². The highest BCUT2D eigenvalue weighted by atomic mass is 16.5. The molecule has 0 aliphatic heterocycles. The number of benzene rings is 1. The molecule has 82 valence electrons. The molecule has 4 heteroatoms. The van der Waals surface area contributed by atoms with Crippen molar-refractivity contribution in [1.29, 1.82) is 0 Å². The average molecular weight is 209 g/mol. The molecule has 0 heterocycles. The lowest BCUT2D eigenvalue weighted by Crippen LogP contribution is -2.41. The van der Waals surface area contributed by atoms with Gasteiger partial charge in [-0.2, -0.15) is 0 Å². The molecule has 0 spiro atoms. The predicted molar refractivity (Wildman–Crippen MR) is 56.9 cm³/mol. The largest absolute Gasteiger partial charge is 0.496 e. The molecular formula is C11H15NO3. The number of hydrogen-bond donors (Lipinski definition) is 2. The second-order valence-corrected chi connectivity index (χ2v) is 3.69. The summed E-state index contributed by atoms with van der Waals surface area (Å²) in [6, 6.07) is 5.12. The molecule has 0 saturated heterocycles. The van der Waals surface area contributed by atoms with E-state index in [0.717, 1.165) is 11.3 Å². The summed E-state index contributed by atoms with van der Waals surface area (Å²) in [5.41, 5.74) is 5.77. The Labute approximate surface area is 88.7 Å². The van der Waals surface area contributed by atoms with Gasteiger partial charge in [-0.1, -0.05) is 6.07 Å². The average Bonchev–Trinajstić information content (AvgIpc) is 2.17. The summed E-state index contributed by atoms with van der Waals surface area (Å²) in [5.74, 6) is -0.327. The van der Waals surface area contributed by atoms with Crippen LogP contribution in [0.5, 0.6) is 5.75 Å². The second-order valence-electron chi connectivity index (χ2n) is 3.69. The Morgan fingerprint density at radius 2 is 2.13 bits per heavy atom. The molecule has 0 aliphatic rings. The van der Waals surface area contributed by atoms with Crippen molar-refractivity contribution in [3.05, 3.63) is 29.3 Å². The Bertz CT molecular complexity index is 385. The molecule has 0 aromatic heterocycles. The van der Waals surface area contributed by atoms with Gasteiger partial charge >= 0.3 is 5.97 Å². The highest BCUT2D eigenvalue weighted by Gasteiger charge is 2.30. The van der Waals surface area contributed by atoms with Gasteiger partial charge in [-0.3, -0.25) is 0 Å². The smallest absolute Gasteiger partial charge is 0.328 e. The van der Waals surface area contributed by atoms with E-state index in [9.17, 15) is 4.79 Å². The molecule has 4 nitrogen and oxygen atoms in total. The minimum absolute atomic E-state index is 0.563. The SMILES string of the molecule is COc1ccc([C@](C)(N)C(=O)O)cc1C. The maximum Gasteiger partial charge on any atom is 0.328 e. The van der Waals surface area contributed by atoms with Crippen LogP contribution in [0.15, 0.2) is 18.2 Å². The fraction of sp³-hybridized carbons (Fsp3) is 0.364. The minimum atomic E-state index is -1.36. The van der Waals surface area contributed by atoms with Gasteiger partial charge in [0.05, 0.1) is 7.11 Å². The Hall–Kier alpha value is -1.55. The Kier molecular flexibility index (Phi) is 3.00. The molecular weight excluding hydrogens is 194 g/mol. The normalized spacial score (nSPS) is 14.4. The molecule has 1 rings (SSSR count). The Balaban J connectivity index is 3.18. The third kappa shape index (κ3) is 2.10. The molecule has 1 aromatic rings. The van der Waals surface area contributed by atoms with Gasteiger partial charge in [0.2, 0.25) is 0 Å². The molecule has 0 fully saturated rings. The fourth-order valence-electron chi connectivity index (χ4n) is 1.32. The van der Waals surface area contributed by atoms with Gasteiger partial charge in [-0.05, 0) is 37.1 Å². The topological polar surface area (TPSA) is 72.5 Å². The monoisotopic (exact) mass is 209 g/mol. The number of rotatable bonds is 3. The molecule has 0 bridgehead atoms. The zero-order chi connectivity index (χ0) is 11.6. The second kappa shape index (κ2) is 3.90. The number of aryl methyl sites for hydroxylation is 1. The number of ether oxygens (including phenoxy) is 1. The van der Waals surface area contributed by atoms with E-state index < -0.39 is 11.5 Å². The van der Waals surface area contributed by atoms with Crippen molar-refractivity contribution in [3.63, 3.8) is 0 Å². The van der Waals surface area contributed by atoms with Crippen molar-refractivity contribution in [2.24, 2.45) is 5.73 Å². The lowest BCUT2D eigenvalue weighted by Gasteiger charge is -2.20. The molecule has 0 aliphatic carbocycles. The summed E-state index contributed by atoms with van der Waals surface area (Å²) in [7, 11) is 1.57. The summed E-state index contributed by atoms with van der Waals surface area (Å²) in [6.07, 6.45) is 0. The summed E-state index contributed by atoms with van der Waals surface area (Å²) in [5, 5.41) is 8.96. The van der Waals surface area contributed by atoms with E-state index in [4.69, 9.17) is 15.6 Å². The van der Waals surface area contributed by atoms with Crippen molar-refractivity contribution in [2.45, 2.75) is 19.4 Å². The lowest BCUT2D eigenvalue weighted by atomic mass is 9.92. The van der Waals surface area contributed by atoms with Crippen LogP contribution in [0.1, 0.15) is 18.1 Å². The van der Waals surface area contributed by atoms with Gasteiger partial charge in [0.25, 0.3) is 0 Å². The van der Waals surface area contributed by atoms with E-state index in [-0.39, 0.29) is 0 Å². The minimum Gasteiger partial charge on any atom is -0.496 e. The van der Waals surface area contributed by atoms with E-state index in [0.29, 0.717) is 5.56 Å². The van der Waals surface area contributed by atoms with Crippen molar-refractivity contribution in [2.75, 3.05) is 7.11 Å². The van der Waals surface area contributed by atoms with Crippen molar-refractivity contribution in [1.82, 2.24) is 0 Å². The Morgan fingerprint density at radius 3 is 2.53 bits per heavy atom. The molecule has 15 heavy (non-hydrogen) atoms. The van der Waals surface area contributed by atoms with Crippen molar-refractivity contribution >= 4 is 5.97 Å². The summed E-state index contributed by atoms with van der Waals surface area (Å²) < 4.78 is 5.08. The number of methoxy groups -OCH3 is 1. The molecule has 1 atom stereocenters. The predicted octanol–water partition coefficient (Wildman–Crippen LogP) is 1.26. The van der Waals surface area contributed by atoms with E-state index in [1.807, 2.05) is 6.92 Å². The van der Waals surface area contributed by atoms with Crippen LogP contribution >= 0.6 is 0 Å². The van der Waals surface area contributed by atoms with Crippen LogP contribution in [0.3, 0.4) is 0 Å². The number of carbonyl (C=O) groups is 1. The molecule has 1 aromatic carbocycles. The first-order valence-corrected chi connectivity index (χ1v) is 4.57. The quantitative estimate of drug-likeness (QED) is 0.786. The first kappa shape index (κ1) is 11.5. The molecule has 0 unspecified atom stereocenters. The van der Waals surface area contributed by atoms with Gasteiger partial charge < -0.3 is 15.6 Å². The van der Waals surface area contributed by atoms with Gasteiger partial charge in [-0.25, -0.2) is 4.79 Å². The zero-order valence-corrected chi connectivity index (χ0v) is 9.07. The van der Waals surface area contributed by atoms with E-state index in [1.54, 1.807) is 25.3 Å².